The first kappa shape index (κ1) is 17.7. The van der Waals surface area contributed by atoms with Gasteiger partial charge in [0.1, 0.15) is 12.7 Å². The number of rotatable bonds is 4. The van der Waals surface area contributed by atoms with Gasteiger partial charge in [0, 0.05) is 51.9 Å². The summed E-state index contributed by atoms with van der Waals surface area (Å²) < 4.78 is 1.82. The van der Waals surface area contributed by atoms with Crippen molar-refractivity contribution in [2.45, 2.75) is 18.9 Å². The van der Waals surface area contributed by atoms with Crippen molar-refractivity contribution in [3.63, 3.8) is 0 Å². The Balaban J connectivity index is 1.38. The maximum absolute atomic E-state index is 13.1. The van der Waals surface area contributed by atoms with Gasteiger partial charge in [0.05, 0.1) is 12.5 Å². The van der Waals surface area contributed by atoms with Crippen LogP contribution in [0.2, 0.25) is 0 Å². The number of carbonyl (C=O) groups is 2. The first-order valence-corrected chi connectivity index (χ1v) is 9.32. The summed E-state index contributed by atoms with van der Waals surface area (Å²) in [5, 5.41) is 4.12. The fourth-order valence-electron chi connectivity index (χ4n) is 3.87. The van der Waals surface area contributed by atoms with Gasteiger partial charge in [-0.3, -0.25) is 19.2 Å². The van der Waals surface area contributed by atoms with Crippen molar-refractivity contribution in [2.75, 3.05) is 44.7 Å². The fraction of sp³-hybridized carbons (Fsp3) is 0.474. The van der Waals surface area contributed by atoms with Crippen molar-refractivity contribution >= 4 is 17.5 Å². The van der Waals surface area contributed by atoms with Gasteiger partial charge in [-0.25, -0.2) is 4.98 Å². The molecule has 1 fully saturated rings. The Morgan fingerprint density at radius 2 is 1.93 bits per heavy atom. The Morgan fingerprint density at radius 3 is 2.67 bits per heavy atom. The summed E-state index contributed by atoms with van der Waals surface area (Å²) in [7, 11) is 1.77. The predicted octanol–water partition coefficient (Wildman–Crippen LogP) is 0.573. The highest BCUT2D eigenvalue weighted by molar-refractivity contribution is 6.02. The molecule has 2 aliphatic rings. The molecule has 2 aromatic rings. The first-order valence-electron chi connectivity index (χ1n) is 9.32. The van der Waals surface area contributed by atoms with Crippen LogP contribution < -0.4 is 4.90 Å². The second-order valence-corrected chi connectivity index (χ2v) is 7.09. The van der Waals surface area contributed by atoms with Gasteiger partial charge in [-0.15, -0.1) is 0 Å². The molecule has 0 spiro atoms. The summed E-state index contributed by atoms with van der Waals surface area (Å²) in [5.41, 5.74) is 1.80. The van der Waals surface area contributed by atoms with Crippen LogP contribution in [0.3, 0.4) is 0 Å². The lowest BCUT2D eigenvalue weighted by atomic mass is 9.88. The molecule has 1 atom stereocenters. The van der Waals surface area contributed by atoms with Crippen molar-refractivity contribution in [1.29, 1.82) is 0 Å². The highest BCUT2D eigenvalue weighted by Gasteiger charge is 2.36. The average Bonchev–Trinajstić information content (AvgIpc) is 3.23. The van der Waals surface area contributed by atoms with Gasteiger partial charge in [-0.1, -0.05) is 18.2 Å². The molecule has 1 saturated heterocycles. The second kappa shape index (κ2) is 7.48. The van der Waals surface area contributed by atoms with Gasteiger partial charge in [0.15, 0.2) is 0 Å². The Morgan fingerprint density at radius 1 is 1.15 bits per heavy atom. The quantitative estimate of drug-likeness (QED) is 0.789. The van der Waals surface area contributed by atoms with E-state index in [0.717, 1.165) is 37.4 Å². The van der Waals surface area contributed by atoms with Crippen LogP contribution in [-0.2, 0) is 16.1 Å². The van der Waals surface area contributed by atoms with Crippen molar-refractivity contribution in [1.82, 2.24) is 24.6 Å². The van der Waals surface area contributed by atoms with E-state index >= 15 is 0 Å². The third-order valence-corrected chi connectivity index (χ3v) is 5.52. The molecule has 4 rings (SSSR count). The number of piperazine rings is 1. The number of aromatic nitrogens is 3. The van der Waals surface area contributed by atoms with Gasteiger partial charge in [-0.05, 0) is 11.6 Å². The normalized spacial score (nSPS) is 20.6. The monoisotopic (exact) mass is 368 g/mol. The van der Waals surface area contributed by atoms with E-state index < -0.39 is 0 Å². The third-order valence-electron chi connectivity index (χ3n) is 5.52. The Hall–Kier alpha value is -2.74. The number of amides is 2. The maximum Gasteiger partial charge on any atom is 0.230 e. The van der Waals surface area contributed by atoms with E-state index in [1.54, 1.807) is 18.3 Å². The van der Waals surface area contributed by atoms with Crippen LogP contribution in [0.25, 0.3) is 0 Å². The lowest BCUT2D eigenvalue weighted by Gasteiger charge is -2.38. The topological polar surface area (TPSA) is 74.6 Å². The van der Waals surface area contributed by atoms with E-state index in [4.69, 9.17) is 0 Å². The highest BCUT2D eigenvalue weighted by atomic mass is 16.2. The second-order valence-electron chi connectivity index (χ2n) is 7.09. The molecule has 3 heterocycles. The zero-order valence-corrected chi connectivity index (χ0v) is 15.5. The number of benzene rings is 1. The zero-order valence-electron chi connectivity index (χ0n) is 15.5. The van der Waals surface area contributed by atoms with E-state index in [0.29, 0.717) is 13.1 Å². The van der Waals surface area contributed by atoms with E-state index in [-0.39, 0.29) is 24.2 Å². The highest BCUT2D eigenvalue weighted by Crippen LogP contribution is 2.36. The minimum Gasteiger partial charge on any atom is -0.340 e. The number of para-hydroxylation sites is 1. The van der Waals surface area contributed by atoms with Crippen molar-refractivity contribution < 1.29 is 9.59 Å². The standard InChI is InChI=1S/C19H24N6O2/c1-22-17-5-3-2-4-15(17)16(12-18(22)26)19(27)24-9-6-23(7-10-24)8-11-25-14-20-13-21-25/h2-5,13-14,16H,6-12H2,1H3/t16-/m0/s1. The summed E-state index contributed by atoms with van der Waals surface area (Å²) in [6.45, 7) is 4.74. The Kier molecular flexibility index (Phi) is 4.89. The Bertz CT molecular complexity index is 813. The Labute approximate surface area is 158 Å². The molecule has 0 N–H and O–H groups in total. The van der Waals surface area contributed by atoms with Gasteiger partial charge in [-0.2, -0.15) is 5.10 Å². The number of fused-ring (bicyclic) bond motifs is 1. The molecule has 27 heavy (non-hydrogen) atoms. The molecule has 8 nitrogen and oxygen atoms in total. The number of hydrogen-bond acceptors (Lipinski definition) is 5. The summed E-state index contributed by atoms with van der Waals surface area (Å²) >= 11 is 0. The van der Waals surface area contributed by atoms with E-state index in [1.165, 1.54) is 6.33 Å². The molecule has 2 aliphatic heterocycles. The van der Waals surface area contributed by atoms with Crippen molar-refractivity contribution in [2.24, 2.45) is 0 Å². The van der Waals surface area contributed by atoms with Crippen LogP contribution in [0.4, 0.5) is 5.69 Å². The summed E-state index contributed by atoms with van der Waals surface area (Å²) in [5.74, 6) is -0.301. The van der Waals surface area contributed by atoms with Crippen LogP contribution >= 0.6 is 0 Å². The fourth-order valence-corrected chi connectivity index (χ4v) is 3.87. The summed E-state index contributed by atoms with van der Waals surface area (Å²) in [6, 6.07) is 7.72. The number of anilines is 1. The van der Waals surface area contributed by atoms with Gasteiger partial charge >= 0.3 is 0 Å². The van der Waals surface area contributed by atoms with Crippen molar-refractivity contribution in [3.8, 4) is 0 Å². The molecule has 0 unspecified atom stereocenters. The van der Waals surface area contributed by atoms with Crippen molar-refractivity contribution in [3.05, 3.63) is 42.5 Å². The lowest BCUT2D eigenvalue weighted by Crippen LogP contribution is -2.51. The lowest BCUT2D eigenvalue weighted by molar-refractivity contribution is -0.136. The number of nitrogens with zero attached hydrogens (tertiary/aromatic N) is 6. The molecular weight excluding hydrogens is 344 g/mol. The zero-order chi connectivity index (χ0) is 18.8. The molecule has 0 saturated carbocycles. The molecule has 8 heteroatoms. The molecule has 0 bridgehead atoms. The van der Waals surface area contributed by atoms with Gasteiger partial charge in [0.2, 0.25) is 11.8 Å². The molecule has 1 aromatic carbocycles. The molecule has 0 aliphatic carbocycles. The minimum absolute atomic E-state index is 0.00137. The average molecular weight is 368 g/mol. The predicted molar refractivity (Wildman–Crippen MR) is 100 cm³/mol. The molecule has 142 valence electrons. The van der Waals surface area contributed by atoms with Crippen LogP contribution in [0.5, 0.6) is 0 Å². The number of carbonyl (C=O) groups excluding carboxylic acids is 2. The van der Waals surface area contributed by atoms with Gasteiger partial charge < -0.3 is 9.80 Å². The largest absolute Gasteiger partial charge is 0.340 e. The van der Waals surface area contributed by atoms with Crippen LogP contribution in [0, 0.1) is 0 Å². The minimum atomic E-state index is -0.369. The maximum atomic E-state index is 13.1. The van der Waals surface area contributed by atoms with Crippen LogP contribution in [-0.4, -0.2) is 76.2 Å². The smallest absolute Gasteiger partial charge is 0.230 e. The van der Waals surface area contributed by atoms with Gasteiger partial charge in [0.25, 0.3) is 0 Å². The van der Waals surface area contributed by atoms with E-state index in [9.17, 15) is 9.59 Å². The van der Waals surface area contributed by atoms with E-state index in [1.807, 2.05) is 33.8 Å². The third kappa shape index (κ3) is 3.57. The molecule has 2 amide bonds. The molecule has 1 aromatic heterocycles. The summed E-state index contributed by atoms with van der Waals surface area (Å²) in [6.07, 6.45) is 3.50. The summed E-state index contributed by atoms with van der Waals surface area (Å²) in [4.78, 5) is 35.3. The SMILES string of the molecule is CN1C(=O)C[C@H](C(=O)N2CCN(CCn3cncn3)CC2)c2ccccc21. The number of hydrogen-bond donors (Lipinski definition) is 0. The molecule has 0 radical (unpaired) electrons. The van der Waals surface area contributed by atoms with E-state index in [2.05, 4.69) is 15.0 Å². The molecular formula is C19H24N6O2. The van der Waals surface area contributed by atoms with Crippen LogP contribution in [0.15, 0.2) is 36.9 Å². The first-order chi connectivity index (χ1) is 13.1. The van der Waals surface area contributed by atoms with Crippen LogP contribution in [0.1, 0.15) is 17.9 Å².